The highest BCUT2D eigenvalue weighted by atomic mass is 32.2. The van der Waals surface area contributed by atoms with Gasteiger partial charge in [-0.2, -0.15) is 5.26 Å². The maximum atomic E-state index is 12.8. The summed E-state index contributed by atoms with van der Waals surface area (Å²) in [5.74, 6) is -0.801. The number of thioether (sulfide) groups is 1. The van der Waals surface area contributed by atoms with Crippen molar-refractivity contribution >= 4 is 45.7 Å². The first-order valence-electron chi connectivity index (χ1n) is 11.9. The number of carbonyl (C=O) groups is 2. The molecule has 2 N–H and O–H groups in total. The van der Waals surface area contributed by atoms with Crippen molar-refractivity contribution in [3.8, 4) is 17.3 Å². The van der Waals surface area contributed by atoms with Crippen molar-refractivity contribution in [2.45, 2.75) is 37.8 Å². The zero-order chi connectivity index (χ0) is 26.5. The third-order valence-corrected chi connectivity index (χ3v) is 7.99. The second-order valence-corrected chi connectivity index (χ2v) is 10.7. The van der Waals surface area contributed by atoms with Crippen LogP contribution in [-0.4, -0.2) is 48.3 Å². The molecule has 1 aromatic carbocycles. The van der Waals surface area contributed by atoms with E-state index in [1.807, 2.05) is 37.2 Å². The van der Waals surface area contributed by atoms with Gasteiger partial charge >= 0.3 is 5.97 Å². The number of thiophene rings is 1. The predicted octanol–water partition coefficient (Wildman–Crippen LogP) is 4.22. The molecule has 0 saturated carbocycles. The smallest absolute Gasteiger partial charge is 0.341 e. The average molecular weight is 538 g/mol. The fourth-order valence-electron chi connectivity index (χ4n) is 4.12. The van der Waals surface area contributed by atoms with E-state index in [-0.39, 0.29) is 34.7 Å². The number of hydrogen-bond donors (Lipinski definition) is 2. The number of aromatic nitrogens is 2. The molecule has 0 atom stereocenters. The summed E-state index contributed by atoms with van der Waals surface area (Å²) in [6, 6.07) is 9.28. The molecule has 0 unspecified atom stereocenters. The van der Waals surface area contributed by atoms with Crippen LogP contribution in [0, 0.1) is 11.3 Å². The minimum atomic E-state index is -0.567. The molecule has 0 saturated heterocycles. The van der Waals surface area contributed by atoms with Crippen LogP contribution in [0.1, 0.15) is 46.1 Å². The summed E-state index contributed by atoms with van der Waals surface area (Å²) in [6.07, 6.45) is 3.72. The lowest BCUT2D eigenvalue weighted by Gasteiger charge is -2.13. The van der Waals surface area contributed by atoms with Crippen LogP contribution in [0.15, 0.2) is 34.2 Å². The quantitative estimate of drug-likeness (QED) is 0.248. The van der Waals surface area contributed by atoms with Crippen molar-refractivity contribution in [2.24, 2.45) is 0 Å². The molecule has 11 heteroatoms. The minimum Gasteiger partial charge on any atom is -0.462 e. The van der Waals surface area contributed by atoms with Gasteiger partial charge in [0, 0.05) is 30.2 Å². The molecular weight excluding hydrogens is 510 g/mol. The predicted molar refractivity (Wildman–Crippen MR) is 146 cm³/mol. The van der Waals surface area contributed by atoms with Crippen molar-refractivity contribution in [1.82, 2.24) is 9.97 Å². The standard InChI is InChI=1S/C26H27N5O4S2/c1-4-35-25(34)21-17-7-5-6-8-19(17)37-24(21)28-20(32)14-36-26-29-22(18(13-27)23(33)30-26)15-9-11-16(12-10-15)31(2)3/h9-12H,4-8,14H2,1-3H3,(H,28,32)(H,29,30,33). The molecule has 1 aliphatic carbocycles. The number of esters is 1. The number of hydrogen-bond acceptors (Lipinski definition) is 9. The first-order chi connectivity index (χ1) is 17.8. The molecule has 0 aliphatic heterocycles. The van der Waals surface area contributed by atoms with Crippen LogP contribution in [-0.2, 0) is 22.4 Å². The summed E-state index contributed by atoms with van der Waals surface area (Å²) in [4.78, 5) is 48.2. The third-order valence-electron chi connectivity index (χ3n) is 5.91. The van der Waals surface area contributed by atoms with E-state index in [4.69, 9.17) is 4.74 Å². The third kappa shape index (κ3) is 5.87. The Morgan fingerprint density at radius 3 is 2.65 bits per heavy atom. The molecule has 0 spiro atoms. The summed E-state index contributed by atoms with van der Waals surface area (Å²) in [5, 5.41) is 13.1. The number of anilines is 2. The van der Waals surface area contributed by atoms with E-state index in [2.05, 4.69) is 15.3 Å². The molecule has 192 valence electrons. The number of H-pyrrole nitrogens is 1. The van der Waals surface area contributed by atoms with Crippen molar-refractivity contribution < 1.29 is 14.3 Å². The Kier molecular flexibility index (Phi) is 8.31. The van der Waals surface area contributed by atoms with Gasteiger partial charge in [0.25, 0.3) is 5.56 Å². The summed E-state index contributed by atoms with van der Waals surface area (Å²) in [5.41, 5.74) is 2.62. The Bertz CT molecular complexity index is 1420. The fraction of sp³-hybridized carbons (Fsp3) is 0.346. The topological polar surface area (TPSA) is 128 Å². The van der Waals surface area contributed by atoms with Gasteiger partial charge in [-0.05, 0) is 50.3 Å². The highest BCUT2D eigenvalue weighted by Crippen LogP contribution is 2.38. The van der Waals surface area contributed by atoms with Gasteiger partial charge in [-0.1, -0.05) is 23.9 Å². The van der Waals surface area contributed by atoms with Crippen molar-refractivity contribution in [3.05, 3.63) is 56.2 Å². The van der Waals surface area contributed by atoms with Crippen molar-refractivity contribution in [2.75, 3.05) is 36.7 Å². The Balaban J connectivity index is 1.53. The Hall–Kier alpha value is -3.62. The normalized spacial score (nSPS) is 12.4. The monoisotopic (exact) mass is 537 g/mol. The van der Waals surface area contributed by atoms with Gasteiger partial charge in [0.1, 0.15) is 16.6 Å². The zero-order valence-corrected chi connectivity index (χ0v) is 22.5. The van der Waals surface area contributed by atoms with Gasteiger partial charge in [-0.3, -0.25) is 9.59 Å². The lowest BCUT2D eigenvalue weighted by atomic mass is 9.95. The number of fused-ring (bicyclic) bond motifs is 1. The maximum absolute atomic E-state index is 12.8. The molecule has 4 rings (SSSR count). The lowest BCUT2D eigenvalue weighted by molar-refractivity contribution is -0.113. The Morgan fingerprint density at radius 2 is 1.97 bits per heavy atom. The molecule has 0 bridgehead atoms. The fourth-order valence-corrected chi connectivity index (χ4v) is 6.08. The number of rotatable bonds is 8. The van der Waals surface area contributed by atoms with Crippen LogP contribution in [0.4, 0.5) is 10.7 Å². The van der Waals surface area contributed by atoms with Gasteiger partial charge in [-0.25, -0.2) is 9.78 Å². The van der Waals surface area contributed by atoms with Crippen LogP contribution in [0.2, 0.25) is 0 Å². The number of carbonyl (C=O) groups excluding carboxylic acids is 2. The van der Waals surface area contributed by atoms with Crippen LogP contribution in [0.25, 0.3) is 11.3 Å². The number of amides is 1. The van der Waals surface area contributed by atoms with Gasteiger partial charge in [0.15, 0.2) is 5.16 Å². The number of ether oxygens (including phenoxy) is 1. The van der Waals surface area contributed by atoms with Crippen molar-refractivity contribution in [3.63, 3.8) is 0 Å². The lowest BCUT2D eigenvalue weighted by Crippen LogP contribution is -2.18. The molecule has 1 aliphatic rings. The first-order valence-corrected chi connectivity index (χ1v) is 13.7. The molecule has 9 nitrogen and oxygen atoms in total. The Morgan fingerprint density at radius 1 is 1.24 bits per heavy atom. The SMILES string of the molecule is CCOC(=O)c1c(NC(=O)CSc2nc(-c3ccc(N(C)C)cc3)c(C#N)c(=O)[nH]2)sc2c1CCCC2. The molecule has 2 heterocycles. The molecular formula is C26H27N5O4S2. The molecule has 37 heavy (non-hydrogen) atoms. The van der Waals surface area contributed by atoms with E-state index >= 15 is 0 Å². The number of aryl methyl sites for hydroxylation is 1. The highest BCUT2D eigenvalue weighted by molar-refractivity contribution is 7.99. The molecule has 0 radical (unpaired) electrons. The maximum Gasteiger partial charge on any atom is 0.341 e. The summed E-state index contributed by atoms with van der Waals surface area (Å²) in [7, 11) is 3.84. The Labute approximate surface area is 222 Å². The van der Waals surface area contributed by atoms with E-state index in [1.54, 1.807) is 19.1 Å². The van der Waals surface area contributed by atoms with Crippen LogP contribution in [0.3, 0.4) is 0 Å². The largest absolute Gasteiger partial charge is 0.462 e. The summed E-state index contributed by atoms with van der Waals surface area (Å²) < 4.78 is 5.25. The van der Waals surface area contributed by atoms with E-state index in [0.717, 1.165) is 53.6 Å². The average Bonchev–Trinajstić information content (AvgIpc) is 3.25. The van der Waals surface area contributed by atoms with Crippen molar-refractivity contribution in [1.29, 1.82) is 5.26 Å². The van der Waals surface area contributed by atoms with Gasteiger partial charge in [-0.15, -0.1) is 11.3 Å². The molecule has 2 aromatic heterocycles. The molecule has 0 fully saturated rings. The van der Waals surface area contributed by atoms with Crippen LogP contribution < -0.4 is 15.8 Å². The summed E-state index contributed by atoms with van der Waals surface area (Å²) in [6.45, 7) is 2.01. The number of benzene rings is 1. The van der Waals surface area contributed by atoms with E-state index in [1.165, 1.54) is 11.3 Å². The van der Waals surface area contributed by atoms with Gasteiger partial charge in [0.05, 0.1) is 23.6 Å². The zero-order valence-electron chi connectivity index (χ0n) is 20.8. The minimum absolute atomic E-state index is 0.0430. The molecule has 1 amide bonds. The second-order valence-electron chi connectivity index (χ2n) is 8.62. The number of aromatic amines is 1. The first kappa shape index (κ1) is 26.4. The van der Waals surface area contributed by atoms with Crippen LogP contribution in [0.5, 0.6) is 0 Å². The molecule has 3 aromatic rings. The number of nitrogens with zero attached hydrogens (tertiary/aromatic N) is 3. The second kappa shape index (κ2) is 11.6. The number of nitrogens with one attached hydrogen (secondary N) is 2. The summed E-state index contributed by atoms with van der Waals surface area (Å²) >= 11 is 2.47. The van der Waals surface area contributed by atoms with E-state index in [9.17, 15) is 19.6 Å². The van der Waals surface area contributed by atoms with Gasteiger partial charge in [0.2, 0.25) is 5.91 Å². The number of nitriles is 1. The van der Waals surface area contributed by atoms with Crippen LogP contribution >= 0.6 is 23.1 Å². The van der Waals surface area contributed by atoms with E-state index < -0.39 is 11.5 Å². The van der Waals surface area contributed by atoms with E-state index in [0.29, 0.717) is 16.1 Å². The van der Waals surface area contributed by atoms with Gasteiger partial charge < -0.3 is 19.9 Å². The highest BCUT2D eigenvalue weighted by Gasteiger charge is 2.27.